The number of carboxylic acid groups (broad SMARTS) is 1. The summed E-state index contributed by atoms with van der Waals surface area (Å²) in [5.41, 5.74) is 12.5. The number of fused-ring (bicyclic) bond motifs is 3. The van der Waals surface area contributed by atoms with E-state index < -0.39 is 5.97 Å². The van der Waals surface area contributed by atoms with Crippen LogP contribution in [0.15, 0.2) is 54.7 Å². The van der Waals surface area contributed by atoms with E-state index in [0.717, 1.165) is 51.3 Å². The van der Waals surface area contributed by atoms with E-state index >= 15 is 0 Å². The molecule has 4 aromatic rings. The normalized spacial score (nSPS) is 12.3. The molecule has 0 aliphatic rings. The second-order valence-electron chi connectivity index (χ2n) is 8.32. The molecule has 0 saturated carbocycles. The molecule has 164 valence electrons. The second-order valence-corrected chi connectivity index (χ2v) is 8.32. The van der Waals surface area contributed by atoms with E-state index in [1.807, 2.05) is 20.0 Å². The first-order chi connectivity index (χ1) is 15.4. The molecular formula is C26H28N4O2. The minimum Gasteiger partial charge on any atom is -0.481 e. The molecule has 2 aromatic heterocycles. The van der Waals surface area contributed by atoms with E-state index in [1.165, 1.54) is 5.56 Å². The molecule has 0 aliphatic heterocycles. The highest BCUT2D eigenvalue weighted by molar-refractivity contribution is 6.08. The fraction of sp³-hybridized carbons (Fsp3) is 0.269. The van der Waals surface area contributed by atoms with Gasteiger partial charge in [-0.05, 0) is 61.1 Å². The Balaban J connectivity index is 1.47. The molecule has 1 atom stereocenters. The Kier molecular flexibility index (Phi) is 6.32. The van der Waals surface area contributed by atoms with E-state index in [9.17, 15) is 4.79 Å². The lowest BCUT2D eigenvalue weighted by Crippen LogP contribution is -2.21. The minimum atomic E-state index is -0.787. The number of nitrogens with one attached hydrogen (secondary N) is 1. The van der Waals surface area contributed by atoms with E-state index in [0.29, 0.717) is 12.4 Å². The number of rotatable bonds is 8. The zero-order chi connectivity index (χ0) is 22.7. The highest BCUT2D eigenvalue weighted by Crippen LogP contribution is 2.28. The first kappa shape index (κ1) is 21.7. The third-order valence-corrected chi connectivity index (χ3v) is 5.84. The Morgan fingerprint density at radius 1 is 1.06 bits per heavy atom. The second kappa shape index (κ2) is 9.32. The molecule has 4 rings (SSSR count). The maximum absolute atomic E-state index is 10.7. The topological polar surface area (TPSA) is 101 Å². The highest BCUT2D eigenvalue weighted by atomic mass is 16.4. The van der Waals surface area contributed by atoms with Crippen LogP contribution in [0.2, 0.25) is 0 Å². The van der Waals surface area contributed by atoms with Crippen molar-refractivity contribution in [3.63, 3.8) is 0 Å². The van der Waals surface area contributed by atoms with Crippen molar-refractivity contribution in [3.05, 3.63) is 77.0 Å². The van der Waals surface area contributed by atoms with E-state index in [4.69, 9.17) is 10.8 Å². The van der Waals surface area contributed by atoms with Crippen molar-refractivity contribution < 1.29 is 9.90 Å². The van der Waals surface area contributed by atoms with E-state index in [-0.39, 0.29) is 12.5 Å². The van der Waals surface area contributed by atoms with Crippen LogP contribution in [0.3, 0.4) is 0 Å². The van der Waals surface area contributed by atoms with Crippen LogP contribution in [-0.2, 0) is 17.6 Å². The summed E-state index contributed by atoms with van der Waals surface area (Å²) < 4.78 is 0. The van der Waals surface area contributed by atoms with Crippen LogP contribution in [0, 0.1) is 6.92 Å². The first-order valence-electron chi connectivity index (χ1n) is 10.9. The fourth-order valence-electron chi connectivity index (χ4n) is 3.97. The molecule has 6 heteroatoms. The number of benzene rings is 2. The molecule has 1 unspecified atom stereocenters. The van der Waals surface area contributed by atoms with Gasteiger partial charge in [-0.15, -0.1) is 0 Å². The molecule has 6 nitrogen and oxygen atoms in total. The Hall–Kier alpha value is -3.51. The standard InChI is InChI=1S/C26H28N4O2/c1-16-3-10-21-22-14-19(15-29-25(22)26(27)30-23(21)13-16)5-4-18-6-8-20(9-7-18)17(2)28-12-11-24(31)32/h3,6-10,13-15,17,28H,4-5,11-12H2,1-2H3,(H2,27,30)(H,31,32). The van der Waals surface area contributed by atoms with Crippen LogP contribution in [0.5, 0.6) is 0 Å². The highest BCUT2D eigenvalue weighted by Gasteiger charge is 2.10. The number of nitrogens with two attached hydrogens (primary N) is 1. The van der Waals surface area contributed by atoms with Crippen molar-refractivity contribution >= 4 is 33.6 Å². The van der Waals surface area contributed by atoms with Gasteiger partial charge in [-0.2, -0.15) is 0 Å². The van der Waals surface area contributed by atoms with Gasteiger partial charge in [0.15, 0.2) is 5.82 Å². The number of carbonyl (C=O) groups is 1. The lowest BCUT2D eigenvalue weighted by Gasteiger charge is -2.14. The molecule has 2 aromatic carbocycles. The number of hydrogen-bond donors (Lipinski definition) is 3. The number of nitrogens with zero attached hydrogens (tertiary/aromatic N) is 2. The molecule has 0 aliphatic carbocycles. The van der Waals surface area contributed by atoms with Gasteiger partial charge in [0.25, 0.3) is 0 Å². The van der Waals surface area contributed by atoms with Crippen molar-refractivity contribution in [2.75, 3.05) is 12.3 Å². The van der Waals surface area contributed by atoms with E-state index in [2.05, 4.69) is 63.8 Å². The molecule has 32 heavy (non-hydrogen) atoms. The zero-order valence-corrected chi connectivity index (χ0v) is 18.4. The van der Waals surface area contributed by atoms with Crippen molar-refractivity contribution in [3.8, 4) is 0 Å². The number of nitrogen functional groups attached to an aromatic ring is 1. The maximum atomic E-state index is 10.7. The Morgan fingerprint density at radius 2 is 1.81 bits per heavy atom. The van der Waals surface area contributed by atoms with Crippen LogP contribution < -0.4 is 11.1 Å². The van der Waals surface area contributed by atoms with Crippen LogP contribution in [0.4, 0.5) is 5.82 Å². The number of aryl methyl sites for hydroxylation is 3. The number of pyridine rings is 2. The molecule has 0 fully saturated rings. The van der Waals surface area contributed by atoms with Crippen molar-refractivity contribution in [1.29, 1.82) is 0 Å². The summed E-state index contributed by atoms with van der Waals surface area (Å²) in [7, 11) is 0. The predicted octanol–water partition coefficient (Wildman–Crippen LogP) is 4.58. The molecular weight excluding hydrogens is 400 g/mol. The number of aliphatic carboxylic acids is 1. The summed E-state index contributed by atoms with van der Waals surface area (Å²) in [5.74, 6) is -0.323. The number of carboxylic acids is 1. The van der Waals surface area contributed by atoms with Gasteiger partial charge in [-0.25, -0.2) is 4.98 Å². The lowest BCUT2D eigenvalue weighted by atomic mass is 10.0. The third kappa shape index (κ3) is 4.86. The third-order valence-electron chi connectivity index (χ3n) is 5.84. The molecule has 0 spiro atoms. The Labute approximate surface area is 187 Å². The van der Waals surface area contributed by atoms with Gasteiger partial charge in [0.05, 0.1) is 11.9 Å². The fourth-order valence-corrected chi connectivity index (χ4v) is 3.97. The molecule has 0 saturated heterocycles. The summed E-state index contributed by atoms with van der Waals surface area (Å²) in [6.07, 6.45) is 3.80. The van der Waals surface area contributed by atoms with Crippen LogP contribution in [0.25, 0.3) is 21.8 Å². The van der Waals surface area contributed by atoms with Crippen molar-refractivity contribution in [2.45, 2.75) is 39.2 Å². The Morgan fingerprint density at radius 3 is 2.56 bits per heavy atom. The van der Waals surface area contributed by atoms with Crippen molar-refractivity contribution in [2.24, 2.45) is 0 Å². The van der Waals surface area contributed by atoms with Gasteiger partial charge in [-0.1, -0.05) is 36.4 Å². The minimum absolute atomic E-state index is 0.115. The summed E-state index contributed by atoms with van der Waals surface area (Å²) in [6, 6.07) is 17.0. The smallest absolute Gasteiger partial charge is 0.304 e. The summed E-state index contributed by atoms with van der Waals surface area (Å²) in [6.45, 7) is 4.56. The SMILES string of the molecule is Cc1ccc2c(c1)nc(N)c1ncc(CCc3ccc(C(C)NCCC(=O)O)cc3)cc12. The average Bonchev–Trinajstić information content (AvgIpc) is 2.77. The molecule has 0 amide bonds. The van der Waals surface area contributed by atoms with Crippen LogP contribution in [0.1, 0.15) is 41.6 Å². The predicted molar refractivity (Wildman–Crippen MR) is 129 cm³/mol. The van der Waals surface area contributed by atoms with Gasteiger partial charge in [0, 0.05) is 29.6 Å². The summed E-state index contributed by atoms with van der Waals surface area (Å²) >= 11 is 0. The molecule has 0 radical (unpaired) electrons. The van der Waals surface area contributed by atoms with Crippen molar-refractivity contribution in [1.82, 2.24) is 15.3 Å². The number of hydrogen-bond acceptors (Lipinski definition) is 5. The molecule has 2 heterocycles. The van der Waals surface area contributed by atoms with Crippen LogP contribution in [-0.4, -0.2) is 27.6 Å². The largest absolute Gasteiger partial charge is 0.481 e. The summed E-state index contributed by atoms with van der Waals surface area (Å²) in [4.78, 5) is 19.8. The van der Waals surface area contributed by atoms with Gasteiger partial charge in [-0.3, -0.25) is 9.78 Å². The lowest BCUT2D eigenvalue weighted by molar-refractivity contribution is -0.136. The monoisotopic (exact) mass is 428 g/mol. The van der Waals surface area contributed by atoms with Gasteiger partial charge in [0.2, 0.25) is 0 Å². The molecule has 0 bridgehead atoms. The average molecular weight is 429 g/mol. The van der Waals surface area contributed by atoms with Crippen LogP contribution >= 0.6 is 0 Å². The number of aromatic nitrogens is 2. The number of anilines is 1. The van der Waals surface area contributed by atoms with Gasteiger partial charge in [0.1, 0.15) is 5.52 Å². The quantitative estimate of drug-likeness (QED) is 0.355. The Bertz CT molecular complexity index is 1270. The van der Waals surface area contributed by atoms with Gasteiger partial charge < -0.3 is 16.2 Å². The summed E-state index contributed by atoms with van der Waals surface area (Å²) in [5, 5.41) is 14.1. The van der Waals surface area contributed by atoms with E-state index in [1.54, 1.807) is 0 Å². The maximum Gasteiger partial charge on any atom is 0.304 e. The molecule has 4 N–H and O–H groups in total. The zero-order valence-electron chi connectivity index (χ0n) is 18.4. The van der Waals surface area contributed by atoms with Gasteiger partial charge >= 0.3 is 5.97 Å². The first-order valence-corrected chi connectivity index (χ1v) is 10.9.